The molecule has 0 aliphatic rings. The monoisotopic (exact) mass is 302 g/mol. The van der Waals surface area contributed by atoms with Crippen LogP contribution in [0.25, 0.3) is 0 Å². The summed E-state index contributed by atoms with van der Waals surface area (Å²) in [5.74, 6) is 1.28. The molecule has 0 aliphatic heterocycles. The van der Waals surface area contributed by atoms with Crippen LogP contribution in [0.1, 0.15) is 16.8 Å². The van der Waals surface area contributed by atoms with Crippen LogP contribution in [-0.2, 0) is 0 Å². The van der Waals surface area contributed by atoms with Gasteiger partial charge in [-0.05, 0) is 48.5 Å². The maximum Gasteiger partial charge on any atom is 0.335 e. The second-order valence-corrected chi connectivity index (χ2v) is 4.56. The van der Waals surface area contributed by atoms with Gasteiger partial charge < -0.3 is 19.3 Å². The molecule has 0 fully saturated rings. The van der Waals surface area contributed by atoms with Crippen LogP contribution in [0.4, 0.5) is 0 Å². The number of methoxy groups -OCH3 is 1. The predicted molar refractivity (Wildman–Crippen MR) is 82.0 cm³/mol. The van der Waals surface area contributed by atoms with Crippen LogP contribution in [0.3, 0.4) is 0 Å². The van der Waals surface area contributed by atoms with Crippen molar-refractivity contribution in [1.82, 2.24) is 0 Å². The molecule has 0 saturated heterocycles. The van der Waals surface area contributed by atoms with E-state index in [1.165, 1.54) is 12.1 Å². The first-order valence-electron chi connectivity index (χ1n) is 6.92. The first kappa shape index (κ1) is 15.7. The smallest absolute Gasteiger partial charge is 0.335 e. The number of hydrogen-bond acceptors (Lipinski definition) is 4. The Kier molecular flexibility index (Phi) is 5.65. The summed E-state index contributed by atoms with van der Waals surface area (Å²) in [7, 11) is 1.62. The largest absolute Gasteiger partial charge is 0.497 e. The molecule has 22 heavy (non-hydrogen) atoms. The van der Waals surface area contributed by atoms with Gasteiger partial charge in [-0.25, -0.2) is 4.79 Å². The molecular weight excluding hydrogens is 284 g/mol. The van der Waals surface area contributed by atoms with Crippen LogP contribution in [0, 0.1) is 0 Å². The van der Waals surface area contributed by atoms with Crippen molar-refractivity contribution >= 4 is 5.97 Å². The van der Waals surface area contributed by atoms with Gasteiger partial charge in [-0.15, -0.1) is 0 Å². The van der Waals surface area contributed by atoms with Crippen molar-refractivity contribution in [3.63, 3.8) is 0 Å². The minimum atomic E-state index is -0.945. The zero-order valence-electron chi connectivity index (χ0n) is 12.3. The van der Waals surface area contributed by atoms with Crippen LogP contribution in [0.5, 0.6) is 17.2 Å². The number of hydrogen-bond donors (Lipinski definition) is 1. The second-order valence-electron chi connectivity index (χ2n) is 4.56. The van der Waals surface area contributed by atoms with Gasteiger partial charge in [0.05, 0.1) is 25.9 Å². The molecule has 2 rings (SSSR count). The molecule has 0 heterocycles. The summed E-state index contributed by atoms with van der Waals surface area (Å²) in [4.78, 5) is 10.7. The zero-order valence-corrected chi connectivity index (χ0v) is 12.3. The topological polar surface area (TPSA) is 65.0 Å². The van der Waals surface area contributed by atoms with E-state index in [1.54, 1.807) is 19.2 Å². The molecule has 5 nitrogen and oxygen atoms in total. The van der Waals surface area contributed by atoms with E-state index in [9.17, 15) is 4.79 Å². The highest BCUT2D eigenvalue weighted by Crippen LogP contribution is 2.17. The highest BCUT2D eigenvalue weighted by atomic mass is 16.5. The van der Waals surface area contributed by atoms with E-state index >= 15 is 0 Å². The van der Waals surface area contributed by atoms with Gasteiger partial charge in [0.2, 0.25) is 0 Å². The van der Waals surface area contributed by atoms with E-state index in [2.05, 4.69) is 0 Å². The minimum absolute atomic E-state index is 0.246. The number of carbonyl (C=O) groups is 1. The normalized spacial score (nSPS) is 10.0. The Morgan fingerprint density at radius 2 is 1.32 bits per heavy atom. The molecule has 0 spiro atoms. The average molecular weight is 302 g/mol. The van der Waals surface area contributed by atoms with E-state index in [0.717, 1.165) is 17.9 Å². The molecule has 0 aliphatic carbocycles. The van der Waals surface area contributed by atoms with Crippen molar-refractivity contribution in [2.24, 2.45) is 0 Å². The SMILES string of the molecule is COc1ccc(OCCCOc2ccc(C(=O)O)cc2)cc1. The summed E-state index contributed by atoms with van der Waals surface area (Å²) in [5, 5.41) is 8.80. The molecule has 0 bridgehead atoms. The highest BCUT2D eigenvalue weighted by Gasteiger charge is 2.02. The van der Waals surface area contributed by atoms with Crippen LogP contribution in [0.15, 0.2) is 48.5 Å². The van der Waals surface area contributed by atoms with E-state index in [4.69, 9.17) is 19.3 Å². The Hall–Kier alpha value is -2.69. The van der Waals surface area contributed by atoms with E-state index in [0.29, 0.717) is 19.0 Å². The third kappa shape index (κ3) is 4.70. The van der Waals surface area contributed by atoms with Gasteiger partial charge in [0.25, 0.3) is 0 Å². The van der Waals surface area contributed by atoms with Crippen molar-refractivity contribution in [2.75, 3.05) is 20.3 Å². The summed E-state index contributed by atoms with van der Waals surface area (Å²) in [5.41, 5.74) is 0.246. The molecule has 2 aromatic carbocycles. The molecule has 116 valence electrons. The van der Waals surface area contributed by atoms with E-state index in [-0.39, 0.29) is 5.56 Å². The lowest BCUT2D eigenvalue weighted by molar-refractivity contribution is 0.0697. The lowest BCUT2D eigenvalue weighted by Gasteiger charge is -2.08. The first-order chi connectivity index (χ1) is 10.7. The number of rotatable bonds is 8. The third-order valence-corrected chi connectivity index (χ3v) is 2.99. The number of ether oxygens (including phenoxy) is 3. The molecule has 0 saturated carbocycles. The summed E-state index contributed by atoms with van der Waals surface area (Å²) >= 11 is 0. The number of benzene rings is 2. The van der Waals surface area contributed by atoms with Crippen molar-refractivity contribution in [3.05, 3.63) is 54.1 Å². The fourth-order valence-corrected chi connectivity index (χ4v) is 1.80. The number of carboxylic acid groups (broad SMARTS) is 1. The Morgan fingerprint density at radius 3 is 1.77 bits per heavy atom. The highest BCUT2D eigenvalue weighted by molar-refractivity contribution is 5.87. The fourth-order valence-electron chi connectivity index (χ4n) is 1.80. The Morgan fingerprint density at radius 1 is 0.864 bits per heavy atom. The maximum absolute atomic E-state index is 10.7. The van der Waals surface area contributed by atoms with Gasteiger partial charge in [-0.2, -0.15) is 0 Å². The Balaban J connectivity index is 1.67. The van der Waals surface area contributed by atoms with Crippen molar-refractivity contribution in [2.45, 2.75) is 6.42 Å². The average Bonchev–Trinajstić information content (AvgIpc) is 2.55. The van der Waals surface area contributed by atoms with Gasteiger partial charge in [0.15, 0.2) is 0 Å². The summed E-state index contributed by atoms with van der Waals surface area (Å²) in [6, 6.07) is 13.7. The van der Waals surface area contributed by atoms with Gasteiger partial charge in [-0.1, -0.05) is 0 Å². The minimum Gasteiger partial charge on any atom is -0.497 e. The van der Waals surface area contributed by atoms with Crippen LogP contribution < -0.4 is 14.2 Å². The molecule has 0 atom stereocenters. The summed E-state index contributed by atoms with van der Waals surface area (Å²) in [6.45, 7) is 1.04. The van der Waals surface area contributed by atoms with Crippen molar-refractivity contribution in [3.8, 4) is 17.2 Å². The summed E-state index contributed by atoms with van der Waals surface area (Å²) in [6.07, 6.45) is 0.729. The lowest BCUT2D eigenvalue weighted by atomic mass is 10.2. The first-order valence-corrected chi connectivity index (χ1v) is 6.92. The van der Waals surface area contributed by atoms with Crippen LogP contribution >= 0.6 is 0 Å². The van der Waals surface area contributed by atoms with Gasteiger partial charge in [0.1, 0.15) is 17.2 Å². The zero-order chi connectivity index (χ0) is 15.8. The molecule has 1 N–H and O–H groups in total. The van der Waals surface area contributed by atoms with Crippen molar-refractivity contribution in [1.29, 1.82) is 0 Å². The van der Waals surface area contributed by atoms with E-state index < -0.39 is 5.97 Å². The number of carboxylic acids is 1. The quantitative estimate of drug-likeness (QED) is 0.758. The molecular formula is C17H18O5. The molecule has 0 amide bonds. The summed E-state index contributed by atoms with van der Waals surface area (Å²) < 4.78 is 16.2. The Labute approximate surface area is 129 Å². The molecule has 2 aromatic rings. The van der Waals surface area contributed by atoms with Gasteiger partial charge in [0, 0.05) is 6.42 Å². The molecule has 0 radical (unpaired) electrons. The lowest BCUT2D eigenvalue weighted by Crippen LogP contribution is -2.05. The van der Waals surface area contributed by atoms with E-state index in [1.807, 2.05) is 24.3 Å². The predicted octanol–water partition coefficient (Wildman–Crippen LogP) is 3.24. The molecule has 0 aromatic heterocycles. The van der Waals surface area contributed by atoms with Gasteiger partial charge >= 0.3 is 5.97 Å². The van der Waals surface area contributed by atoms with Crippen molar-refractivity contribution < 1.29 is 24.1 Å². The maximum atomic E-state index is 10.7. The molecule has 0 unspecified atom stereocenters. The molecule has 5 heteroatoms. The van der Waals surface area contributed by atoms with Gasteiger partial charge in [-0.3, -0.25) is 0 Å². The fraction of sp³-hybridized carbons (Fsp3) is 0.235. The van der Waals surface area contributed by atoms with Crippen LogP contribution in [-0.4, -0.2) is 31.4 Å². The standard InChI is InChI=1S/C17H18O5/c1-20-14-7-9-16(10-8-14)22-12-2-11-21-15-5-3-13(4-6-15)17(18)19/h3-10H,2,11-12H2,1H3,(H,18,19). The van der Waals surface area contributed by atoms with Crippen LogP contribution in [0.2, 0.25) is 0 Å². The second kappa shape index (κ2) is 7.93. The Bertz CT molecular complexity index is 589. The number of aromatic carboxylic acids is 1. The third-order valence-electron chi connectivity index (χ3n) is 2.99.